The van der Waals surface area contributed by atoms with Crippen LogP contribution in [-0.4, -0.2) is 9.55 Å². The Labute approximate surface area is 158 Å². The van der Waals surface area contributed by atoms with Gasteiger partial charge in [-0.2, -0.15) is 0 Å². The highest BCUT2D eigenvalue weighted by Gasteiger charge is 2.23. The van der Waals surface area contributed by atoms with Crippen molar-refractivity contribution < 1.29 is 0 Å². The summed E-state index contributed by atoms with van der Waals surface area (Å²) >= 11 is 3.28. The Morgan fingerprint density at radius 1 is 1.15 bits per heavy atom. The van der Waals surface area contributed by atoms with Crippen LogP contribution in [0.3, 0.4) is 0 Å². The highest BCUT2D eigenvalue weighted by molar-refractivity contribution is 7.17. The highest BCUT2D eigenvalue weighted by Crippen LogP contribution is 2.34. The topological polar surface area (TPSA) is 34.9 Å². The summed E-state index contributed by atoms with van der Waals surface area (Å²) in [7, 11) is 0. The van der Waals surface area contributed by atoms with Crippen molar-refractivity contribution in [3.05, 3.63) is 73.8 Å². The summed E-state index contributed by atoms with van der Waals surface area (Å²) in [5, 5.41) is 4.90. The number of allylic oxidation sites excluding steroid dienone is 1. The number of fused-ring (bicyclic) bond motifs is 2. The fourth-order valence-electron chi connectivity index (χ4n) is 3.48. The van der Waals surface area contributed by atoms with Crippen LogP contribution in [0.4, 0.5) is 0 Å². The molecular weight excluding hydrogens is 360 g/mol. The molecule has 0 atom stereocenters. The van der Waals surface area contributed by atoms with E-state index >= 15 is 0 Å². The van der Waals surface area contributed by atoms with E-state index in [4.69, 9.17) is 4.98 Å². The van der Waals surface area contributed by atoms with Crippen molar-refractivity contribution in [3.63, 3.8) is 0 Å². The molecule has 0 radical (unpaired) electrons. The van der Waals surface area contributed by atoms with Crippen molar-refractivity contribution in [1.82, 2.24) is 9.55 Å². The Hall–Kier alpha value is -2.50. The van der Waals surface area contributed by atoms with E-state index in [0.717, 1.165) is 39.2 Å². The molecule has 5 rings (SSSR count). The third-order valence-electron chi connectivity index (χ3n) is 4.88. The van der Waals surface area contributed by atoms with E-state index in [-0.39, 0.29) is 5.56 Å². The van der Waals surface area contributed by atoms with Gasteiger partial charge < -0.3 is 0 Å². The largest absolute Gasteiger partial charge is 0.292 e. The predicted molar refractivity (Wildman–Crippen MR) is 111 cm³/mol. The Bertz CT molecular complexity index is 1210. The first-order valence-corrected chi connectivity index (χ1v) is 10.3. The van der Waals surface area contributed by atoms with Crippen LogP contribution in [0, 0.1) is 6.92 Å². The van der Waals surface area contributed by atoms with Gasteiger partial charge in [-0.15, -0.1) is 22.7 Å². The molecule has 5 heteroatoms. The number of hydrogen-bond acceptors (Lipinski definition) is 4. The van der Waals surface area contributed by atoms with E-state index in [1.54, 1.807) is 22.7 Å². The molecule has 3 aromatic heterocycles. The fourth-order valence-corrected chi connectivity index (χ4v) is 5.30. The first-order valence-electron chi connectivity index (χ1n) is 8.55. The maximum atomic E-state index is 13.2. The van der Waals surface area contributed by atoms with Crippen LogP contribution in [0.15, 0.2) is 52.0 Å². The lowest BCUT2D eigenvalue weighted by molar-refractivity contribution is 0.726. The number of aromatic nitrogens is 2. The smallest absolute Gasteiger partial charge is 0.263 e. The van der Waals surface area contributed by atoms with E-state index in [2.05, 4.69) is 29.8 Å². The Kier molecular flexibility index (Phi) is 3.65. The quantitative estimate of drug-likeness (QED) is 0.467. The molecule has 0 aliphatic carbocycles. The van der Waals surface area contributed by atoms with Gasteiger partial charge in [-0.3, -0.25) is 9.36 Å². The average Bonchev–Trinajstić information content (AvgIpc) is 3.37. The molecule has 0 fully saturated rings. The summed E-state index contributed by atoms with van der Waals surface area (Å²) in [5.74, 6) is 0.830. The zero-order valence-corrected chi connectivity index (χ0v) is 15.9. The van der Waals surface area contributed by atoms with Crippen LogP contribution in [0.2, 0.25) is 0 Å². The first kappa shape index (κ1) is 15.7. The Morgan fingerprint density at radius 3 is 2.77 bits per heavy atom. The molecule has 3 nitrogen and oxygen atoms in total. The number of rotatable bonds is 2. The maximum Gasteiger partial charge on any atom is 0.263 e. The van der Waals surface area contributed by atoms with Gasteiger partial charge in [-0.1, -0.05) is 30.3 Å². The number of thiophene rings is 2. The van der Waals surface area contributed by atoms with Gasteiger partial charge >= 0.3 is 0 Å². The van der Waals surface area contributed by atoms with Crippen molar-refractivity contribution in [3.8, 4) is 11.1 Å². The first-order chi connectivity index (χ1) is 12.7. The van der Waals surface area contributed by atoms with Gasteiger partial charge in [0.05, 0.1) is 5.39 Å². The van der Waals surface area contributed by atoms with Crippen LogP contribution in [-0.2, 0) is 6.54 Å². The van der Waals surface area contributed by atoms with Crippen LogP contribution >= 0.6 is 22.7 Å². The molecule has 0 bridgehead atoms. The number of hydrogen-bond donors (Lipinski definition) is 0. The molecule has 0 N–H and O–H groups in total. The number of nitrogens with zero attached hydrogens (tertiary/aromatic N) is 2. The molecular formula is C21H16N2OS2. The van der Waals surface area contributed by atoms with E-state index in [9.17, 15) is 4.79 Å². The molecule has 26 heavy (non-hydrogen) atoms. The second-order valence-electron chi connectivity index (χ2n) is 6.48. The summed E-state index contributed by atoms with van der Waals surface area (Å²) in [6, 6.07) is 12.2. The van der Waals surface area contributed by atoms with Gasteiger partial charge in [0, 0.05) is 22.4 Å². The summed E-state index contributed by atoms with van der Waals surface area (Å²) in [6.45, 7) is 2.82. The van der Waals surface area contributed by atoms with Crippen molar-refractivity contribution in [2.24, 2.45) is 0 Å². The van der Waals surface area contributed by atoms with Crippen LogP contribution in [0.1, 0.15) is 22.7 Å². The second-order valence-corrected chi connectivity index (χ2v) is 8.28. The fraction of sp³-hybridized carbons (Fsp3) is 0.143. The summed E-state index contributed by atoms with van der Waals surface area (Å²) in [5.41, 5.74) is 4.57. The third kappa shape index (κ3) is 2.39. The lowest BCUT2D eigenvalue weighted by atomic mass is 10.1. The minimum Gasteiger partial charge on any atom is -0.292 e. The standard InChI is InChI=1S/C21H16N2OS2/c1-13-8-10-25-17(13)11-15-7-9-23-19(15)22-20-18(21(23)24)16(12-26-20)14-5-3-2-4-6-14/h2-6,8,10-12H,7,9H2,1H3/b15-11+. The molecule has 0 saturated heterocycles. The van der Waals surface area contributed by atoms with Gasteiger partial charge in [0.1, 0.15) is 10.7 Å². The van der Waals surface area contributed by atoms with Gasteiger partial charge in [-0.25, -0.2) is 4.98 Å². The SMILES string of the molecule is Cc1ccsc1/C=C1\CCn2c1nc1scc(-c3ccccc3)c1c2=O. The predicted octanol–water partition coefficient (Wildman–Crippen LogP) is 5.44. The molecule has 0 spiro atoms. The number of benzene rings is 1. The normalized spacial score (nSPS) is 15.0. The van der Waals surface area contributed by atoms with Crippen LogP contribution < -0.4 is 5.56 Å². The van der Waals surface area contributed by atoms with E-state index in [0.29, 0.717) is 6.54 Å². The van der Waals surface area contributed by atoms with Crippen LogP contribution in [0.25, 0.3) is 33.0 Å². The van der Waals surface area contributed by atoms with E-state index in [1.807, 2.05) is 34.9 Å². The Balaban J connectivity index is 1.71. The minimum absolute atomic E-state index is 0.0800. The van der Waals surface area contributed by atoms with Crippen molar-refractivity contribution >= 4 is 44.5 Å². The second kappa shape index (κ2) is 6.04. The minimum atomic E-state index is 0.0800. The third-order valence-corrected chi connectivity index (χ3v) is 6.72. The zero-order valence-electron chi connectivity index (χ0n) is 14.2. The van der Waals surface area contributed by atoms with Crippen molar-refractivity contribution in [2.45, 2.75) is 19.9 Å². The van der Waals surface area contributed by atoms with Crippen molar-refractivity contribution in [1.29, 1.82) is 0 Å². The molecule has 128 valence electrons. The molecule has 1 aromatic carbocycles. The van der Waals surface area contributed by atoms with Crippen LogP contribution in [0.5, 0.6) is 0 Å². The summed E-state index contributed by atoms with van der Waals surface area (Å²) < 4.78 is 1.84. The van der Waals surface area contributed by atoms with Gasteiger partial charge in [-0.05, 0) is 47.6 Å². The molecule has 0 unspecified atom stereocenters. The zero-order chi connectivity index (χ0) is 17.7. The van der Waals surface area contributed by atoms with Crippen molar-refractivity contribution in [2.75, 3.05) is 0 Å². The van der Waals surface area contributed by atoms with E-state index in [1.165, 1.54) is 10.4 Å². The summed E-state index contributed by atoms with van der Waals surface area (Å²) in [4.78, 5) is 20.1. The lowest BCUT2D eigenvalue weighted by Crippen LogP contribution is -2.20. The lowest BCUT2D eigenvalue weighted by Gasteiger charge is -2.05. The van der Waals surface area contributed by atoms with Gasteiger partial charge in [0.15, 0.2) is 0 Å². The summed E-state index contributed by atoms with van der Waals surface area (Å²) in [6.07, 6.45) is 3.06. The Morgan fingerprint density at radius 2 is 2.00 bits per heavy atom. The van der Waals surface area contributed by atoms with E-state index < -0.39 is 0 Å². The molecule has 4 heterocycles. The molecule has 4 aromatic rings. The van der Waals surface area contributed by atoms with Gasteiger partial charge in [0.2, 0.25) is 0 Å². The van der Waals surface area contributed by atoms with Gasteiger partial charge in [0.25, 0.3) is 5.56 Å². The maximum absolute atomic E-state index is 13.2. The number of aryl methyl sites for hydroxylation is 1. The highest BCUT2D eigenvalue weighted by atomic mass is 32.1. The molecule has 0 saturated carbocycles. The molecule has 0 amide bonds. The molecule has 1 aliphatic rings. The molecule has 1 aliphatic heterocycles. The monoisotopic (exact) mass is 376 g/mol. The average molecular weight is 377 g/mol.